The van der Waals surface area contributed by atoms with E-state index in [-0.39, 0.29) is 24.0 Å². The summed E-state index contributed by atoms with van der Waals surface area (Å²) in [6, 6.07) is 18.6. The van der Waals surface area contributed by atoms with Crippen molar-refractivity contribution in [3.05, 3.63) is 116 Å². The number of benzene rings is 2. The predicted octanol–water partition coefficient (Wildman–Crippen LogP) is 4.75. The molecule has 186 valence electrons. The van der Waals surface area contributed by atoms with Crippen LogP contribution >= 0.6 is 11.3 Å². The molecular weight excluding hydrogens is 486 g/mol. The number of nitrogens with zero attached hydrogens (tertiary/aromatic N) is 5. The molecule has 0 spiro atoms. The van der Waals surface area contributed by atoms with Gasteiger partial charge in [-0.3, -0.25) is 9.79 Å². The van der Waals surface area contributed by atoms with Crippen LogP contribution in [-0.2, 0) is 11.3 Å². The van der Waals surface area contributed by atoms with E-state index in [1.54, 1.807) is 11.3 Å². The van der Waals surface area contributed by atoms with Gasteiger partial charge in [0, 0.05) is 44.7 Å². The van der Waals surface area contributed by atoms with Crippen LogP contribution < -0.4 is 16.9 Å². The number of thiophene rings is 1. The molecule has 0 saturated heterocycles. The minimum Gasteiger partial charge on any atom is -0.400 e. The van der Waals surface area contributed by atoms with E-state index < -0.39 is 5.91 Å². The monoisotopic (exact) mass is 511 g/mol. The summed E-state index contributed by atoms with van der Waals surface area (Å²) in [5.41, 5.74) is 18.8. The molecule has 1 aliphatic rings. The fraction of sp³-hybridized carbons (Fsp3) is 0.115. The molecule has 1 amide bonds. The van der Waals surface area contributed by atoms with Crippen molar-refractivity contribution in [2.24, 2.45) is 21.7 Å². The lowest BCUT2D eigenvalue weighted by atomic mass is 9.95. The second-order valence-corrected chi connectivity index (χ2v) is 9.07. The van der Waals surface area contributed by atoms with E-state index in [1.165, 1.54) is 12.4 Å². The molecule has 37 heavy (non-hydrogen) atoms. The topological polar surface area (TPSA) is 169 Å². The molecule has 4 rings (SSSR count). The Labute approximate surface area is 217 Å². The van der Waals surface area contributed by atoms with Crippen LogP contribution in [0.3, 0.4) is 0 Å². The van der Waals surface area contributed by atoms with Crippen molar-refractivity contribution < 1.29 is 4.79 Å². The van der Waals surface area contributed by atoms with Crippen molar-refractivity contribution in [2.45, 2.75) is 12.6 Å². The van der Waals surface area contributed by atoms with Crippen molar-refractivity contribution in [1.82, 2.24) is 5.01 Å². The highest BCUT2D eigenvalue weighted by molar-refractivity contribution is 7.10. The number of para-hydroxylation sites is 1. The van der Waals surface area contributed by atoms with Crippen molar-refractivity contribution in [3.63, 3.8) is 0 Å². The number of fused-ring (bicyclic) bond motifs is 1. The van der Waals surface area contributed by atoms with E-state index in [2.05, 4.69) is 20.3 Å². The van der Waals surface area contributed by atoms with E-state index in [4.69, 9.17) is 22.5 Å². The van der Waals surface area contributed by atoms with Crippen LogP contribution in [0.4, 0.5) is 5.69 Å². The van der Waals surface area contributed by atoms with Crippen molar-refractivity contribution in [1.29, 1.82) is 5.41 Å². The fourth-order valence-electron chi connectivity index (χ4n) is 3.80. The highest BCUT2D eigenvalue weighted by Crippen LogP contribution is 2.37. The average Bonchev–Trinajstić information content (AvgIpc) is 3.48. The summed E-state index contributed by atoms with van der Waals surface area (Å²) in [7, 11) is 0. The minimum absolute atomic E-state index is 0.106. The van der Waals surface area contributed by atoms with Crippen LogP contribution in [0.25, 0.3) is 16.0 Å². The van der Waals surface area contributed by atoms with E-state index in [0.717, 1.165) is 26.7 Å². The largest absolute Gasteiger partial charge is 0.400 e. The van der Waals surface area contributed by atoms with E-state index in [0.29, 0.717) is 17.7 Å². The first kappa shape index (κ1) is 25.4. The van der Waals surface area contributed by atoms with E-state index >= 15 is 0 Å². The van der Waals surface area contributed by atoms with Gasteiger partial charge in [0.1, 0.15) is 0 Å². The number of carbonyl (C=O) groups is 1. The molecule has 0 fully saturated rings. The van der Waals surface area contributed by atoms with Crippen molar-refractivity contribution in [2.75, 3.05) is 11.9 Å². The predicted molar refractivity (Wildman–Crippen MR) is 148 cm³/mol. The molecule has 0 aliphatic carbocycles. The summed E-state index contributed by atoms with van der Waals surface area (Å²) in [6.07, 6.45) is 4.52. The van der Waals surface area contributed by atoms with Gasteiger partial charge in [0.25, 0.3) is 5.91 Å². The van der Waals surface area contributed by atoms with E-state index in [1.807, 2.05) is 72.1 Å². The van der Waals surface area contributed by atoms with Crippen LogP contribution in [0.15, 0.2) is 93.6 Å². The van der Waals surface area contributed by atoms with Gasteiger partial charge >= 0.3 is 0 Å². The molecular formula is C26H25N9OS. The maximum atomic E-state index is 13.7. The highest BCUT2D eigenvalue weighted by Gasteiger charge is 2.28. The Morgan fingerprint density at radius 2 is 1.97 bits per heavy atom. The van der Waals surface area contributed by atoms with E-state index in [9.17, 15) is 4.79 Å². The summed E-state index contributed by atoms with van der Waals surface area (Å²) in [5, 5.41) is 17.2. The lowest BCUT2D eigenvalue weighted by Crippen LogP contribution is -2.40. The summed E-state index contributed by atoms with van der Waals surface area (Å²) in [4.78, 5) is 22.0. The molecule has 3 aromatic rings. The van der Waals surface area contributed by atoms with Gasteiger partial charge in [-0.2, -0.15) is 0 Å². The highest BCUT2D eigenvalue weighted by atomic mass is 32.1. The summed E-state index contributed by atoms with van der Waals surface area (Å²) < 4.78 is 0. The molecule has 2 heterocycles. The third-order valence-electron chi connectivity index (χ3n) is 5.69. The average molecular weight is 512 g/mol. The van der Waals surface area contributed by atoms with Crippen LogP contribution in [0.1, 0.15) is 27.6 Å². The zero-order chi connectivity index (χ0) is 26.2. The molecule has 1 aliphatic heterocycles. The summed E-state index contributed by atoms with van der Waals surface area (Å²) in [5.74, 6) is 5.86. The molecule has 0 radical (unpaired) electrons. The lowest BCUT2D eigenvalue weighted by molar-refractivity contribution is -0.123. The molecule has 1 aromatic heterocycles. The molecule has 11 heteroatoms. The number of hydrogen-bond donors (Lipinski definition) is 4. The van der Waals surface area contributed by atoms with Crippen molar-refractivity contribution in [3.8, 4) is 0 Å². The Balaban J connectivity index is 1.65. The van der Waals surface area contributed by atoms with Gasteiger partial charge in [-0.15, -0.1) is 11.3 Å². The van der Waals surface area contributed by atoms with Gasteiger partial charge in [-0.1, -0.05) is 53.6 Å². The fourth-order valence-corrected chi connectivity index (χ4v) is 4.55. The van der Waals surface area contributed by atoms with Gasteiger partial charge in [0.05, 0.1) is 24.8 Å². The van der Waals surface area contributed by atoms with Crippen LogP contribution in [0.2, 0.25) is 0 Å². The van der Waals surface area contributed by atoms with Crippen LogP contribution in [0, 0.1) is 5.41 Å². The van der Waals surface area contributed by atoms with Crippen LogP contribution in [-0.4, -0.2) is 29.9 Å². The Morgan fingerprint density at radius 1 is 1.19 bits per heavy atom. The Hall–Kier alpha value is -4.70. The Bertz CT molecular complexity index is 1420. The molecule has 1 atom stereocenters. The van der Waals surface area contributed by atoms with Crippen molar-refractivity contribution >= 4 is 40.9 Å². The normalized spacial score (nSPS) is 15.1. The molecule has 0 bridgehead atoms. The molecule has 0 saturated carbocycles. The number of aliphatic imine (C=N–C) groups is 1. The number of azide groups is 1. The van der Waals surface area contributed by atoms with Gasteiger partial charge < -0.3 is 16.5 Å². The lowest BCUT2D eigenvalue weighted by Gasteiger charge is -2.28. The first-order valence-electron chi connectivity index (χ1n) is 11.3. The number of hydrogen-bond acceptors (Lipinski definition) is 8. The quantitative estimate of drug-likeness (QED) is 0.0618. The number of rotatable bonds is 9. The number of anilines is 1. The summed E-state index contributed by atoms with van der Waals surface area (Å²) in [6.45, 7) is 0.121. The molecule has 1 unspecified atom stereocenters. The standard InChI is InChI=1S/C26H25N9OS/c27-13-17-7-9-18(10-8-17)14-31-16-24(21(28)15-32-34-29)35(30)26(36)20-12-23(25-6-3-11-37-25)33-22-5-2-1-4-19(20)22/h1-13,16,23,27,33H,14-15,28,30H2. The zero-order valence-corrected chi connectivity index (χ0v) is 20.6. The SMILES string of the molecule is [N-]=[N+]=NCC(N)=C(C=NCc1ccc(C=N)cc1)N(N)C(=O)C1=CC(c2cccs2)Nc2ccccc21. The van der Waals surface area contributed by atoms with Gasteiger partial charge in [-0.05, 0) is 40.2 Å². The molecule has 10 nitrogen and oxygen atoms in total. The second kappa shape index (κ2) is 11.8. The number of nitrogens with one attached hydrogen (secondary N) is 2. The third kappa shape index (κ3) is 5.93. The number of amides is 1. The second-order valence-electron chi connectivity index (χ2n) is 8.09. The smallest absolute Gasteiger partial charge is 0.273 e. The molecule has 6 N–H and O–H groups in total. The van der Waals surface area contributed by atoms with Gasteiger partial charge in [0.2, 0.25) is 0 Å². The van der Waals surface area contributed by atoms with Gasteiger partial charge in [-0.25, -0.2) is 10.9 Å². The first-order chi connectivity index (χ1) is 18.0. The maximum absolute atomic E-state index is 13.7. The third-order valence-corrected chi connectivity index (χ3v) is 6.64. The van der Waals surface area contributed by atoms with Crippen LogP contribution in [0.5, 0.6) is 0 Å². The Morgan fingerprint density at radius 3 is 2.68 bits per heavy atom. The summed E-state index contributed by atoms with van der Waals surface area (Å²) >= 11 is 1.59. The zero-order valence-electron chi connectivity index (χ0n) is 19.8. The number of carbonyl (C=O) groups excluding carboxylic acids is 1. The first-order valence-corrected chi connectivity index (χ1v) is 12.2. The number of hydrazine groups is 1. The number of allylic oxidation sites excluding steroid dienone is 1. The van der Waals surface area contributed by atoms with Gasteiger partial charge in [0.15, 0.2) is 0 Å². The minimum atomic E-state index is -0.476. The molecule has 2 aromatic carbocycles. The number of nitrogens with two attached hydrogens (primary N) is 2. The maximum Gasteiger partial charge on any atom is 0.273 e. The Kier molecular flexibility index (Phi) is 8.11.